The number of methoxy groups -OCH3 is 1. The number of ether oxygens (including phenoxy) is 1. The lowest BCUT2D eigenvalue weighted by atomic mass is 9.71. The van der Waals surface area contributed by atoms with Gasteiger partial charge in [-0.05, 0) is 65.0 Å². The van der Waals surface area contributed by atoms with E-state index in [1.54, 1.807) is 7.11 Å². The van der Waals surface area contributed by atoms with Crippen molar-refractivity contribution in [2.45, 2.75) is 31.8 Å². The van der Waals surface area contributed by atoms with Crippen LogP contribution in [-0.2, 0) is 10.3 Å². The maximum absolute atomic E-state index is 6.01. The third kappa shape index (κ3) is 2.56. The van der Waals surface area contributed by atoms with E-state index in [1.165, 1.54) is 12.0 Å². The molecule has 0 radical (unpaired) electrons. The number of pyridine rings is 1. The average Bonchev–Trinajstić information content (AvgIpc) is 2.40. The molecule has 1 aliphatic carbocycles. The van der Waals surface area contributed by atoms with E-state index in [0.29, 0.717) is 5.92 Å². The SMILES string of the molecule is CN/C=C1\CCCC(C)C1(OC)c1cccc(Br)n1. The molecule has 104 valence electrons. The van der Waals surface area contributed by atoms with E-state index < -0.39 is 5.60 Å². The summed E-state index contributed by atoms with van der Waals surface area (Å²) in [5.41, 5.74) is 1.85. The third-order valence-electron chi connectivity index (χ3n) is 3.99. The van der Waals surface area contributed by atoms with Gasteiger partial charge in [0, 0.05) is 14.2 Å². The quantitative estimate of drug-likeness (QED) is 0.862. The molecule has 1 aromatic heterocycles. The number of rotatable bonds is 3. The van der Waals surface area contributed by atoms with Gasteiger partial charge in [-0.1, -0.05) is 13.0 Å². The molecule has 0 spiro atoms. The van der Waals surface area contributed by atoms with Crippen molar-refractivity contribution in [1.82, 2.24) is 10.3 Å². The first-order valence-corrected chi connectivity index (χ1v) is 7.49. The van der Waals surface area contributed by atoms with Gasteiger partial charge in [-0.25, -0.2) is 4.98 Å². The number of aromatic nitrogens is 1. The molecule has 1 aliphatic rings. The minimum absolute atomic E-state index is 0.410. The summed E-state index contributed by atoms with van der Waals surface area (Å²) in [5.74, 6) is 0.410. The summed E-state index contributed by atoms with van der Waals surface area (Å²) < 4.78 is 6.86. The standard InChI is InChI=1S/C15H21BrN2O/c1-11-6-4-7-12(10-17-2)15(11,19-3)13-8-5-9-14(16)18-13/h5,8-11,17H,4,6-7H2,1-3H3/b12-10+. The molecule has 4 heteroatoms. The van der Waals surface area contributed by atoms with Crippen LogP contribution in [0.4, 0.5) is 0 Å². The van der Waals surface area contributed by atoms with Crippen LogP contribution in [0.2, 0.25) is 0 Å². The molecule has 1 aromatic rings. The van der Waals surface area contributed by atoms with Crippen LogP contribution in [0.3, 0.4) is 0 Å². The Kier molecular flexibility index (Phi) is 4.63. The number of nitrogens with one attached hydrogen (secondary N) is 1. The Hall–Kier alpha value is -0.870. The molecule has 2 atom stereocenters. The molecule has 19 heavy (non-hydrogen) atoms. The molecule has 2 rings (SSSR count). The molecule has 1 fully saturated rings. The van der Waals surface area contributed by atoms with Crippen LogP contribution >= 0.6 is 15.9 Å². The molecule has 0 saturated heterocycles. The zero-order valence-electron chi connectivity index (χ0n) is 11.7. The van der Waals surface area contributed by atoms with E-state index in [9.17, 15) is 0 Å². The first-order chi connectivity index (χ1) is 9.15. The molecular weight excluding hydrogens is 304 g/mol. The highest BCUT2D eigenvalue weighted by Crippen LogP contribution is 2.47. The van der Waals surface area contributed by atoms with Crippen molar-refractivity contribution < 1.29 is 4.74 Å². The minimum atomic E-state index is -0.412. The zero-order chi connectivity index (χ0) is 13.9. The molecular formula is C15H21BrN2O. The Morgan fingerprint density at radius 1 is 1.53 bits per heavy atom. The molecule has 0 aromatic carbocycles. The Labute approximate surface area is 123 Å². The van der Waals surface area contributed by atoms with Crippen molar-refractivity contribution in [3.63, 3.8) is 0 Å². The van der Waals surface area contributed by atoms with Crippen molar-refractivity contribution in [2.75, 3.05) is 14.2 Å². The van der Waals surface area contributed by atoms with E-state index in [2.05, 4.69) is 45.4 Å². The molecule has 0 amide bonds. The van der Waals surface area contributed by atoms with Crippen molar-refractivity contribution in [2.24, 2.45) is 5.92 Å². The van der Waals surface area contributed by atoms with Gasteiger partial charge >= 0.3 is 0 Å². The second-order valence-electron chi connectivity index (χ2n) is 5.04. The summed E-state index contributed by atoms with van der Waals surface area (Å²) in [7, 11) is 3.72. The summed E-state index contributed by atoms with van der Waals surface area (Å²) in [6.07, 6.45) is 5.48. The zero-order valence-corrected chi connectivity index (χ0v) is 13.3. The second-order valence-corrected chi connectivity index (χ2v) is 5.85. The van der Waals surface area contributed by atoms with Gasteiger partial charge in [0.15, 0.2) is 0 Å². The Balaban J connectivity index is 2.56. The summed E-state index contributed by atoms with van der Waals surface area (Å²) in [6, 6.07) is 6.02. The van der Waals surface area contributed by atoms with Gasteiger partial charge in [0.05, 0.1) is 5.69 Å². The molecule has 0 aliphatic heterocycles. The molecule has 1 saturated carbocycles. The van der Waals surface area contributed by atoms with Crippen LogP contribution in [0.5, 0.6) is 0 Å². The van der Waals surface area contributed by atoms with Crippen molar-refractivity contribution in [1.29, 1.82) is 0 Å². The molecule has 1 N–H and O–H groups in total. The fraction of sp³-hybridized carbons (Fsp3) is 0.533. The first kappa shape index (κ1) is 14.5. The van der Waals surface area contributed by atoms with Crippen molar-refractivity contribution in [3.05, 3.63) is 40.3 Å². The lowest BCUT2D eigenvalue weighted by Crippen LogP contribution is -2.42. The highest BCUT2D eigenvalue weighted by atomic mass is 79.9. The van der Waals surface area contributed by atoms with Crippen molar-refractivity contribution >= 4 is 15.9 Å². The maximum atomic E-state index is 6.01. The Bertz CT molecular complexity index is 475. The second kappa shape index (κ2) is 6.06. The van der Waals surface area contributed by atoms with Gasteiger partial charge in [-0.3, -0.25) is 0 Å². The van der Waals surface area contributed by atoms with E-state index in [4.69, 9.17) is 4.74 Å². The normalized spacial score (nSPS) is 29.5. The summed E-state index contributed by atoms with van der Waals surface area (Å²) >= 11 is 3.46. The van der Waals surface area contributed by atoms with E-state index >= 15 is 0 Å². The molecule has 0 bridgehead atoms. The highest BCUT2D eigenvalue weighted by Gasteiger charge is 2.45. The van der Waals surface area contributed by atoms with Crippen LogP contribution in [0, 0.1) is 5.92 Å². The van der Waals surface area contributed by atoms with Crippen LogP contribution in [0.15, 0.2) is 34.6 Å². The van der Waals surface area contributed by atoms with Crippen LogP contribution < -0.4 is 5.32 Å². The third-order valence-corrected chi connectivity index (χ3v) is 4.43. The van der Waals surface area contributed by atoms with Gasteiger partial charge in [0.25, 0.3) is 0 Å². The van der Waals surface area contributed by atoms with Crippen LogP contribution in [0.25, 0.3) is 0 Å². The number of hydrogen-bond donors (Lipinski definition) is 1. The lowest BCUT2D eigenvalue weighted by molar-refractivity contribution is -0.0467. The lowest BCUT2D eigenvalue weighted by Gasteiger charge is -2.43. The smallest absolute Gasteiger partial charge is 0.135 e. The Morgan fingerprint density at radius 3 is 2.95 bits per heavy atom. The largest absolute Gasteiger partial charge is 0.394 e. The van der Waals surface area contributed by atoms with Gasteiger partial charge in [0.1, 0.15) is 10.2 Å². The average molecular weight is 325 g/mol. The highest BCUT2D eigenvalue weighted by molar-refractivity contribution is 9.10. The molecule has 3 nitrogen and oxygen atoms in total. The summed E-state index contributed by atoms with van der Waals surface area (Å²) in [4.78, 5) is 4.65. The molecule has 1 heterocycles. The fourth-order valence-corrected chi connectivity index (χ4v) is 3.47. The predicted octanol–water partition coefficient (Wildman–Crippen LogP) is 3.61. The topological polar surface area (TPSA) is 34.1 Å². The van der Waals surface area contributed by atoms with E-state index in [-0.39, 0.29) is 0 Å². The van der Waals surface area contributed by atoms with Gasteiger partial charge < -0.3 is 10.1 Å². The first-order valence-electron chi connectivity index (χ1n) is 6.70. The van der Waals surface area contributed by atoms with Crippen molar-refractivity contribution in [3.8, 4) is 0 Å². The van der Waals surface area contributed by atoms with Gasteiger partial charge in [-0.15, -0.1) is 0 Å². The molecule has 2 unspecified atom stereocenters. The van der Waals surface area contributed by atoms with E-state index in [1.807, 2.05) is 19.2 Å². The van der Waals surface area contributed by atoms with Crippen LogP contribution in [-0.4, -0.2) is 19.1 Å². The number of hydrogen-bond acceptors (Lipinski definition) is 3. The predicted molar refractivity (Wildman–Crippen MR) is 80.8 cm³/mol. The van der Waals surface area contributed by atoms with Gasteiger partial charge in [0.2, 0.25) is 0 Å². The monoisotopic (exact) mass is 324 g/mol. The maximum Gasteiger partial charge on any atom is 0.135 e. The van der Waals surface area contributed by atoms with Crippen LogP contribution in [0.1, 0.15) is 31.9 Å². The minimum Gasteiger partial charge on any atom is -0.394 e. The Morgan fingerprint density at radius 2 is 2.32 bits per heavy atom. The fourth-order valence-electron chi connectivity index (χ4n) is 3.13. The van der Waals surface area contributed by atoms with Gasteiger partial charge in [-0.2, -0.15) is 0 Å². The number of nitrogens with zero attached hydrogens (tertiary/aromatic N) is 1. The van der Waals surface area contributed by atoms with E-state index in [0.717, 1.165) is 23.1 Å². The summed E-state index contributed by atoms with van der Waals surface area (Å²) in [6.45, 7) is 2.24. The number of halogens is 1. The summed E-state index contributed by atoms with van der Waals surface area (Å²) in [5, 5.41) is 3.15.